The summed E-state index contributed by atoms with van der Waals surface area (Å²) in [5.41, 5.74) is 0.838. The zero-order chi connectivity index (χ0) is 17.2. The highest BCUT2D eigenvalue weighted by Gasteiger charge is 2.21. The summed E-state index contributed by atoms with van der Waals surface area (Å²) in [6.45, 7) is 0.958. The first-order valence-electron chi connectivity index (χ1n) is 7.86. The minimum atomic E-state index is -0.400. The molecule has 0 bridgehead atoms. The van der Waals surface area contributed by atoms with E-state index in [0.29, 0.717) is 18.5 Å². The fourth-order valence-electron chi connectivity index (χ4n) is 2.88. The molecule has 0 saturated heterocycles. The Hall–Kier alpha value is -3.35. The second-order valence-electron chi connectivity index (χ2n) is 5.69. The number of anilines is 1. The van der Waals surface area contributed by atoms with Gasteiger partial charge in [0.15, 0.2) is 11.5 Å². The lowest BCUT2D eigenvalue weighted by Gasteiger charge is -2.27. The van der Waals surface area contributed by atoms with Crippen LogP contribution in [0.1, 0.15) is 0 Å². The number of nitrogens with zero attached hydrogens (tertiary/aromatic N) is 2. The van der Waals surface area contributed by atoms with Gasteiger partial charge in [-0.1, -0.05) is 12.1 Å². The van der Waals surface area contributed by atoms with Gasteiger partial charge in [-0.05, 0) is 24.3 Å². The lowest BCUT2D eigenvalue weighted by molar-refractivity contribution is -0.383. The molecule has 7 nitrogen and oxygen atoms in total. The van der Waals surface area contributed by atoms with E-state index in [1.54, 1.807) is 18.3 Å². The van der Waals surface area contributed by atoms with Crippen LogP contribution in [0, 0.1) is 10.1 Å². The number of nitrogens with one attached hydrogen (secondary N) is 1. The van der Waals surface area contributed by atoms with Gasteiger partial charge in [-0.15, -0.1) is 0 Å². The average molecular weight is 337 g/mol. The van der Waals surface area contributed by atoms with Crippen molar-refractivity contribution < 1.29 is 14.4 Å². The predicted octanol–water partition coefficient (Wildman–Crippen LogP) is 3.39. The number of hydrogen-bond donors (Lipinski definition) is 1. The maximum atomic E-state index is 11.2. The Labute approximate surface area is 143 Å². The molecular formula is C18H15N3O4. The number of para-hydroxylation sites is 2. The Balaban J connectivity index is 1.54. The maximum Gasteiger partial charge on any atom is 0.278 e. The number of fused-ring (bicyclic) bond motifs is 2. The molecule has 1 N–H and O–H groups in total. The lowest BCUT2D eigenvalue weighted by atomic mass is 10.1. The second-order valence-corrected chi connectivity index (χ2v) is 5.69. The van der Waals surface area contributed by atoms with E-state index in [0.717, 1.165) is 22.6 Å². The average Bonchev–Trinajstić information content (AvgIpc) is 2.65. The number of pyridine rings is 1. The van der Waals surface area contributed by atoms with Crippen LogP contribution in [0.4, 0.5) is 11.4 Å². The normalized spacial score (nSPS) is 15.8. The van der Waals surface area contributed by atoms with Crippen molar-refractivity contribution in [2.24, 2.45) is 0 Å². The van der Waals surface area contributed by atoms with Gasteiger partial charge in [-0.2, -0.15) is 0 Å². The molecule has 7 heteroatoms. The minimum Gasteiger partial charge on any atom is -0.486 e. The third-order valence-electron chi connectivity index (χ3n) is 4.08. The van der Waals surface area contributed by atoms with E-state index in [1.165, 1.54) is 12.3 Å². The van der Waals surface area contributed by atoms with Crippen LogP contribution in [0.25, 0.3) is 10.8 Å². The molecule has 4 rings (SSSR count). The van der Waals surface area contributed by atoms with E-state index < -0.39 is 4.92 Å². The SMILES string of the molecule is O=[N+]([O-])c1ccc(NCC2COc3ccccc3O2)c2ccncc12. The van der Waals surface area contributed by atoms with Crippen LogP contribution in [-0.2, 0) is 0 Å². The Kier molecular flexibility index (Phi) is 3.81. The monoisotopic (exact) mass is 337 g/mol. The molecule has 0 spiro atoms. The van der Waals surface area contributed by atoms with Crippen LogP contribution in [0.15, 0.2) is 54.9 Å². The molecule has 0 amide bonds. The van der Waals surface area contributed by atoms with E-state index in [9.17, 15) is 10.1 Å². The summed E-state index contributed by atoms with van der Waals surface area (Å²) >= 11 is 0. The minimum absolute atomic E-state index is 0.0415. The Bertz CT molecular complexity index is 945. The first kappa shape index (κ1) is 15.2. The van der Waals surface area contributed by atoms with Gasteiger partial charge in [-0.25, -0.2) is 0 Å². The number of nitro groups is 1. The van der Waals surface area contributed by atoms with Crippen molar-refractivity contribution in [3.05, 3.63) is 65.0 Å². The Morgan fingerprint density at radius 3 is 2.84 bits per heavy atom. The molecule has 25 heavy (non-hydrogen) atoms. The van der Waals surface area contributed by atoms with Gasteiger partial charge >= 0.3 is 0 Å². The topological polar surface area (TPSA) is 86.5 Å². The van der Waals surface area contributed by atoms with Gasteiger partial charge in [0.1, 0.15) is 12.7 Å². The van der Waals surface area contributed by atoms with Crippen molar-refractivity contribution in [3.8, 4) is 11.5 Å². The standard InChI is InChI=1S/C18H15N3O4/c22-21(23)16-6-5-15(13-7-8-19-10-14(13)16)20-9-12-11-24-17-3-1-2-4-18(17)25-12/h1-8,10,12,20H,9,11H2. The van der Waals surface area contributed by atoms with Crippen molar-refractivity contribution in [2.45, 2.75) is 6.10 Å². The Morgan fingerprint density at radius 1 is 1.16 bits per heavy atom. The molecule has 1 aliphatic rings. The molecule has 1 aliphatic heterocycles. The van der Waals surface area contributed by atoms with E-state index in [2.05, 4.69) is 10.3 Å². The number of rotatable bonds is 4. The number of hydrogen-bond acceptors (Lipinski definition) is 6. The molecule has 1 unspecified atom stereocenters. The van der Waals surface area contributed by atoms with Crippen LogP contribution < -0.4 is 14.8 Å². The molecule has 0 radical (unpaired) electrons. The van der Waals surface area contributed by atoms with E-state index >= 15 is 0 Å². The summed E-state index contributed by atoms with van der Waals surface area (Å²) in [6, 6.07) is 12.5. The summed E-state index contributed by atoms with van der Waals surface area (Å²) in [6.07, 6.45) is 2.98. The molecular weight excluding hydrogens is 322 g/mol. The largest absolute Gasteiger partial charge is 0.486 e. The summed E-state index contributed by atoms with van der Waals surface area (Å²) in [4.78, 5) is 14.8. The summed E-state index contributed by atoms with van der Waals surface area (Å²) in [7, 11) is 0. The number of benzene rings is 2. The summed E-state index contributed by atoms with van der Waals surface area (Å²) in [5.74, 6) is 1.46. The van der Waals surface area contributed by atoms with Crippen molar-refractivity contribution >= 4 is 22.1 Å². The first-order chi connectivity index (χ1) is 12.2. The number of aromatic nitrogens is 1. The van der Waals surface area contributed by atoms with Gasteiger partial charge < -0.3 is 14.8 Å². The van der Waals surface area contributed by atoms with Crippen LogP contribution in [0.2, 0.25) is 0 Å². The van der Waals surface area contributed by atoms with Gasteiger partial charge in [0.05, 0.1) is 16.9 Å². The van der Waals surface area contributed by atoms with Gasteiger partial charge in [-0.3, -0.25) is 15.1 Å². The molecule has 2 heterocycles. The zero-order valence-electron chi connectivity index (χ0n) is 13.2. The first-order valence-corrected chi connectivity index (χ1v) is 7.86. The molecule has 2 aromatic carbocycles. The highest BCUT2D eigenvalue weighted by atomic mass is 16.6. The summed E-state index contributed by atoms with van der Waals surface area (Å²) < 4.78 is 11.6. The van der Waals surface area contributed by atoms with Crippen molar-refractivity contribution in [2.75, 3.05) is 18.5 Å². The zero-order valence-corrected chi connectivity index (χ0v) is 13.2. The summed E-state index contributed by atoms with van der Waals surface area (Å²) in [5, 5.41) is 15.7. The molecule has 1 aromatic heterocycles. The molecule has 0 aliphatic carbocycles. The lowest BCUT2D eigenvalue weighted by Crippen LogP contribution is -2.35. The molecule has 0 saturated carbocycles. The van der Waals surface area contributed by atoms with Gasteiger partial charge in [0.25, 0.3) is 5.69 Å². The number of ether oxygens (including phenoxy) is 2. The fraction of sp³-hybridized carbons (Fsp3) is 0.167. The quantitative estimate of drug-likeness (QED) is 0.580. The van der Waals surface area contributed by atoms with Crippen molar-refractivity contribution in [1.82, 2.24) is 4.98 Å². The second kappa shape index (κ2) is 6.27. The molecule has 0 fully saturated rings. The number of non-ortho nitro benzene ring substituents is 1. The third-order valence-corrected chi connectivity index (χ3v) is 4.08. The fourth-order valence-corrected chi connectivity index (χ4v) is 2.88. The smallest absolute Gasteiger partial charge is 0.278 e. The number of nitro benzene ring substituents is 1. The van der Waals surface area contributed by atoms with Crippen LogP contribution in [0.3, 0.4) is 0 Å². The van der Waals surface area contributed by atoms with E-state index in [1.807, 2.05) is 24.3 Å². The molecule has 126 valence electrons. The highest BCUT2D eigenvalue weighted by Crippen LogP contribution is 2.32. The van der Waals surface area contributed by atoms with E-state index in [-0.39, 0.29) is 11.8 Å². The van der Waals surface area contributed by atoms with Crippen LogP contribution >= 0.6 is 0 Å². The van der Waals surface area contributed by atoms with Crippen molar-refractivity contribution in [3.63, 3.8) is 0 Å². The van der Waals surface area contributed by atoms with Crippen molar-refractivity contribution in [1.29, 1.82) is 0 Å². The predicted molar refractivity (Wildman–Crippen MR) is 93.2 cm³/mol. The third kappa shape index (κ3) is 2.91. The molecule has 3 aromatic rings. The highest BCUT2D eigenvalue weighted by molar-refractivity contribution is 5.99. The van der Waals surface area contributed by atoms with E-state index in [4.69, 9.17) is 9.47 Å². The Morgan fingerprint density at radius 2 is 2.00 bits per heavy atom. The molecule has 1 atom stereocenters. The van der Waals surface area contributed by atoms with Crippen LogP contribution in [-0.4, -0.2) is 29.2 Å². The maximum absolute atomic E-state index is 11.2. The van der Waals surface area contributed by atoms with Gasteiger partial charge in [0.2, 0.25) is 0 Å². The van der Waals surface area contributed by atoms with Crippen LogP contribution in [0.5, 0.6) is 11.5 Å². The van der Waals surface area contributed by atoms with Gasteiger partial charge in [0, 0.05) is 29.5 Å².